The van der Waals surface area contributed by atoms with E-state index in [-0.39, 0.29) is 11.6 Å². The molecule has 2 aromatic rings. The van der Waals surface area contributed by atoms with Crippen molar-refractivity contribution in [2.75, 3.05) is 11.1 Å². The van der Waals surface area contributed by atoms with Gasteiger partial charge in [0.2, 0.25) is 0 Å². The van der Waals surface area contributed by atoms with Crippen molar-refractivity contribution in [1.29, 1.82) is 0 Å². The molecule has 2 rings (SSSR count). The van der Waals surface area contributed by atoms with Gasteiger partial charge in [0.15, 0.2) is 5.13 Å². The lowest BCUT2D eigenvalue weighted by molar-refractivity contribution is -0.384. The first-order valence-electron chi connectivity index (χ1n) is 5.26. The molecular weight excluding hydrogens is 268 g/mol. The minimum Gasteiger partial charge on any atom is -0.375 e. The number of nitrogen functional groups attached to an aromatic ring is 1. The summed E-state index contributed by atoms with van der Waals surface area (Å²) in [6.07, 6.45) is 0. The van der Waals surface area contributed by atoms with Crippen LogP contribution in [0, 0.1) is 17.0 Å². The van der Waals surface area contributed by atoms with E-state index in [2.05, 4.69) is 10.3 Å². The number of hydrogen-bond donors (Lipinski definition) is 2. The number of nitrogens with one attached hydrogen (secondary N) is 1. The maximum absolute atomic E-state index is 12.0. The van der Waals surface area contributed by atoms with E-state index >= 15 is 0 Å². The van der Waals surface area contributed by atoms with Crippen LogP contribution in [0.2, 0.25) is 0 Å². The lowest BCUT2D eigenvalue weighted by atomic mass is 10.2. The zero-order valence-electron chi connectivity index (χ0n) is 9.91. The third kappa shape index (κ3) is 2.86. The predicted molar refractivity (Wildman–Crippen MR) is 72.3 cm³/mol. The van der Waals surface area contributed by atoms with Crippen molar-refractivity contribution in [3.05, 3.63) is 45.0 Å². The number of amides is 1. The Morgan fingerprint density at radius 1 is 1.53 bits per heavy atom. The number of nitro benzene ring substituents is 1. The molecule has 98 valence electrons. The second-order valence-corrected chi connectivity index (χ2v) is 4.76. The van der Waals surface area contributed by atoms with Gasteiger partial charge in [0.05, 0.1) is 10.6 Å². The van der Waals surface area contributed by atoms with Gasteiger partial charge >= 0.3 is 0 Å². The first-order valence-corrected chi connectivity index (χ1v) is 6.07. The number of anilines is 2. The van der Waals surface area contributed by atoms with Crippen LogP contribution in [0.5, 0.6) is 0 Å². The van der Waals surface area contributed by atoms with Crippen LogP contribution >= 0.6 is 11.3 Å². The molecule has 0 aliphatic rings. The fraction of sp³-hybridized carbons (Fsp3) is 0.0909. The second-order valence-electron chi connectivity index (χ2n) is 3.73. The van der Waals surface area contributed by atoms with Crippen LogP contribution in [-0.4, -0.2) is 15.8 Å². The van der Waals surface area contributed by atoms with Crippen molar-refractivity contribution >= 4 is 33.8 Å². The Bertz CT molecular complexity index is 653. The minimum atomic E-state index is -0.522. The van der Waals surface area contributed by atoms with Gasteiger partial charge in [-0.25, -0.2) is 4.98 Å². The van der Waals surface area contributed by atoms with Crippen LogP contribution in [-0.2, 0) is 0 Å². The highest BCUT2D eigenvalue weighted by Crippen LogP contribution is 2.22. The highest BCUT2D eigenvalue weighted by atomic mass is 32.1. The standard InChI is InChI=1S/C11H10N4O3S/c1-6-9(19-11(12)13-6)10(16)14-7-3-2-4-8(5-7)15(17)18/h2-5H,1H3,(H2,12,13)(H,14,16). The van der Waals surface area contributed by atoms with Crippen LogP contribution in [0.1, 0.15) is 15.4 Å². The van der Waals surface area contributed by atoms with Crippen molar-refractivity contribution < 1.29 is 9.72 Å². The molecule has 0 saturated carbocycles. The number of carbonyl (C=O) groups is 1. The van der Waals surface area contributed by atoms with Gasteiger partial charge in [-0.2, -0.15) is 0 Å². The lowest BCUT2D eigenvalue weighted by Gasteiger charge is -2.03. The van der Waals surface area contributed by atoms with Crippen LogP contribution in [0.4, 0.5) is 16.5 Å². The molecule has 0 aliphatic carbocycles. The van der Waals surface area contributed by atoms with Gasteiger partial charge in [0.25, 0.3) is 11.6 Å². The summed E-state index contributed by atoms with van der Waals surface area (Å²) in [5, 5.41) is 13.5. The van der Waals surface area contributed by atoms with Crippen molar-refractivity contribution in [3.63, 3.8) is 0 Å². The zero-order valence-corrected chi connectivity index (χ0v) is 10.7. The van der Waals surface area contributed by atoms with Crippen LogP contribution in [0.3, 0.4) is 0 Å². The molecule has 7 nitrogen and oxygen atoms in total. The van der Waals surface area contributed by atoms with E-state index < -0.39 is 4.92 Å². The summed E-state index contributed by atoms with van der Waals surface area (Å²) in [7, 11) is 0. The highest BCUT2D eigenvalue weighted by molar-refractivity contribution is 7.17. The predicted octanol–water partition coefficient (Wildman–Crippen LogP) is 2.19. The average molecular weight is 278 g/mol. The number of carbonyl (C=O) groups excluding carboxylic acids is 1. The Labute approximate surface area is 112 Å². The summed E-state index contributed by atoms with van der Waals surface area (Å²) in [5.74, 6) is -0.382. The largest absolute Gasteiger partial charge is 0.375 e. The molecular formula is C11H10N4O3S. The number of benzene rings is 1. The average Bonchev–Trinajstić information content (AvgIpc) is 2.69. The monoisotopic (exact) mass is 278 g/mol. The summed E-state index contributed by atoms with van der Waals surface area (Å²) in [5.41, 5.74) is 6.31. The molecule has 0 saturated heterocycles. The molecule has 0 radical (unpaired) electrons. The van der Waals surface area contributed by atoms with E-state index in [0.717, 1.165) is 11.3 Å². The SMILES string of the molecule is Cc1nc(N)sc1C(=O)Nc1cccc([N+](=O)[O-])c1. The lowest BCUT2D eigenvalue weighted by Crippen LogP contribution is -2.11. The number of aryl methyl sites for hydroxylation is 1. The minimum absolute atomic E-state index is 0.0849. The topological polar surface area (TPSA) is 111 Å². The van der Waals surface area contributed by atoms with Gasteiger partial charge in [-0.1, -0.05) is 17.4 Å². The van der Waals surface area contributed by atoms with Gasteiger partial charge in [0, 0.05) is 17.8 Å². The molecule has 1 heterocycles. The van der Waals surface area contributed by atoms with E-state index in [1.807, 2.05) is 0 Å². The quantitative estimate of drug-likeness (QED) is 0.660. The molecule has 0 aliphatic heterocycles. The van der Waals surface area contributed by atoms with E-state index in [9.17, 15) is 14.9 Å². The Morgan fingerprint density at radius 3 is 2.84 bits per heavy atom. The fourth-order valence-corrected chi connectivity index (χ4v) is 2.24. The normalized spacial score (nSPS) is 10.2. The molecule has 8 heteroatoms. The van der Waals surface area contributed by atoms with Crippen molar-refractivity contribution in [2.45, 2.75) is 6.92 Å². The molecule has 0 spiro atoms. The highest BCUT2D eigenvalue weighted by Gasteiger charge is 2.15. The van der Waals surface area contributed by atoms with Crippen LogP contribution in [0.25, 0.3) is 0 Å². The third-order valence-electron chi connectivity index (χ3n) is 2.33. The number of aromatic nitrogens is 1. The maximum Gasteiger partial charge on any atom is 0.271 e. The first kappa shape index (κ1) is 13.0. The van der Waals surface area contributed by atoms with E-state index in [1.54, 1.807) is 13.0 Å². The molecule has 19 heavy (non-hydrogen) atoms. The summed E-state index contributed by atoms with van der Waals surface area (Å²) in [4.78, 5) is 26.4. The van der Waals surface area contributed by atoms with Crippen molar-refractivity contribution in [3.8, 4) is 0 Å². The maximum atomic E-state index is 12.0. The third-order valence-corrected chi connectivity index (χ3v) is 3.32. The molecule has 1 amide bonds. The summed E-state index contributed by atoms with van der Waals surface area (Å²) in [6.45, 7) is 1.68. The van der Waals surface area contributed by atoms with Gasteiger partial charge in [-0.05, 0) is 13.0 Å². The number of thiazole rings is 1. The number of nitrogens with zero attached hydrogens (tertiary/aromatic N) is 2. The Balaban J connectivity index is 2.21. The fourth-order valence-electron chi connectivity index (χ4n) is 1.51. The van der Waals surface area contributed by atoms with E-state index in [0.29, 0.717) is 21.4 Å². The van der Waals surface area contributed by atoms with Gasteiger partial charge in [0.1, 0.15) is 4.88 Å². The molecule has 0 fully saturated rings. The van der Waals surface area contributed by atoms with Gasteiger partial charge in [-0.15, -0.1) is 0 Å². The first-order chi connectivity index (χ1) is 8.97. The molecule has 0 atom stereocenters. The van der Waals surface area contributed by atoms with Gasteiger partial charge < -0.3 is 11.1 Å². The van der Waals surface area contributed by atoms with Crippen LogP contribution in [0.15, 0.2) is 24.3 Å². The Morgan fingerprint density at radius 2 is 2.26 bits per heavy atom. The molecule has 3 N–H and O–H groups in total. The molecule has 1 aromatic carbocycles. The summed E-state index contributed by atoms with van der Waals surface area (Å²) < 4.78 is 0. The number of nitro groups is 1. The number of hydrogen-bond acceptors (Lipinski definition) is 6. The van der Waals surface area contributed by atoms with Crippen molar-refractivity contribution in [1.82, 2.24) is 4.98 Å². The second kappa shape index (κ2) is 5.02. The summed E-state index contributed by atoms with van der Waals surface area (Å²) in [6, 6.07) is 5.72. The zero-order chi connectivity index (χ0) is 14.0. The Kier molecular flexibility index (Phi) is 3.43. The molecule has 0 bridgehead atoms. The number of rotatable bonds is 3. The molecule has 0 unspecified atom stereocenters. The number of non-ortho nitro benzene ring substituents is 1. The Hall–Kier alpha value is -2.48. The van der Waals surface area contributed by atoms with Gasteiger partial charge in [-0.3, -0.25) is 14.9 Å². The van der Waals surface area contributed by atoms with Crippen LogP contribution < -0.4 is 11.1 Å². The molecule has 1 aromatic heterocycles. The number of nitrogens with two attached hydrogens (primary N) is 1. The van der Waals surface area contributed by atoms with E-state index in [1.165, 1.54) is 18.2 Å². The van der Waals surface area contributed by atoms with E-state index in [4.69, 9.17) is 5.73 Å². The summed E-state index contributed by atoms with van der Waals surface area (Å²) >= 11 is 1.07. The van der Waals surface area contributed by atoms with Crippen molar-refractivity contribution in [2.24, 2.45) is 0 Å². The smallest absolute Gasteiger partial charge is 0.271 e.